The Bertz CT molecular complexity index is 696. The van der Waals surface area contributed by atoms with Gasteiger partial charge in [-0.3, -0.25) is 0 Å². The second-order valence-electron chi connectivity index (χ2n) is 4.70. The second kappa shape index (κ2) is 7.36. The molecule has 3 rings (SSSR count). The van der Waals surface area contributed by atoms with Crippen LogP contribution in [0.25, 0.3) is 0 Å². The molecule has 0 radical (unpaired) electrons. The van der Waals surface area contributed by atoms with Crippen molar-refractivity contribution in [1.82, 2.24) is 0 Å². The van der Waals surface area contributed by atoms with Crippen molar-refractivity contribution < 1.29 is 18.4 Å². The topological polar surface area (TPSA) is 27.7 Å². The molecular formula is C18H14BFO3. The molecule has 0 atom stereocenters. The van der Waals surface area contributed by atoms with E-state index in [2.05, 4.69) is 0 Å². The number of hydrogen-bond donors (Lipinski definition) is 0. The number of para-hydroxylation sites is 3. The smallest absolute Gasteiger partial charge is 0.490 e. The Kier molecular flexibility index (Phi) is 4.79. The van der Waals surface area contributed by atoms with Gasteiger partial charge in [0, 0.05) is 0 Å². The van der Waals surface area contributed by atoms with Gasteiger partial charge in [0.25, 0.3) is 0 Å². The van der Waals surface area contributed by atoms with Gasteiger partial charge in [0.05, 0.1) is 0 Å². The lowest BCUT2D eigenvalue weighted by molar-refractivity contribution is 0.300. The molecule has 0 heterocycles. The third-order valence-electron chi connectivity index (χ3n) is 3.01. The third kappa shape index (κ3) is 4.26. The number of rotatable bonds is 6. The van der Waals surface area contributed by atoms with Crippen LogP contribution in [0.2, 0.25) is 0 Å². The van der Waals surface area contributed by atoms with Crippen LogP contribution in [0.3, 0.4) is 0 Å². The van der Waals surface area contributed by atoms with E-state index in [1.54, 1.807) is 36.4 Å². The Morgan fingerprint density at radius 1 is 0.565 bits per heavy atom. The maximum Gasteiger partial charge on any atom is 0.864 e. The maximum absolute atomic E-state index is 13.8. The summed E-state index contributed by atoms with van der Waals surface area (Å²) in [5.41, 5.74) is 0. The van der Waals surface area contributed by atoms with Crippen LogP contribution >= 0.6 is 0 Å². The summed E-state index contributed by atoms with van der Waals surface area (Å²) >= 11 is 0. The van der Waals surface area contributed by atoms with Gasteiger partial charge in [-0.05, 0) is 36.4 Å². The zero-order valence-electron chi connectivity index (χ0n) is 12.3. The minimum absolute atomic E-state index is 0.0596. The van der Waals surface area contributed by atoms with Crippen LogP contribution in [0.5, 0.6) is 17.2 Å². The Labute approximate surface area is 134 Å². The SMILES string of the molecule is Fc1ccccc1OB(Oc1ccccc1)Oc1ccccc1. The highest BCUT2D eigenvalue weighted by atomic mass is 19.1. The standard InChI is InChI=1S/C18H14BFO3/c20-17-13-7-8-14-18(17)23-19(21-15-9-3-1-4-10-15)22-16-11-5-2-6-12-16/h1-14H. The molecule has 0 fully saturated rings. The largest absolute Gasteiger partial charge is 0.864 e. The molecule has 5 heteroatoms. The summed E-state index contributed by atoms with van der Waals surface area (Å²) in [4.78, 5) is 0. The fourth-order valence-corrected chi connectivity index (χ4v) is 1.94. The van der Waals surface area contributed by atoms with E-state index in [1.807, 2.05) is 36.4 Å². The van der Waals surface area contributed by atoms with E-state index in [9.17, 15) is 4.39 Å². The van der Waals surface area contributed by atoms with Crippen LogP contribution in [0.1, 0.15) is 0 Å². The van der Waals surface area contributed by atoms with E-state index in [4.69, 9.17) is 14.0 Å². The average Bonchev–Trinajstić information content (AvgIpc) is 2.59. The van der Waals surface area contributed by atoms with Crippen LogP contribution in [-0.4, -0.2) is 7.32 Å². The number of halogens is 1. The minimum Gasteiger partial charge on any atom is -0.490 e. The second-order valence-corrected chi connectivity index (χ2v) is 4.70. The molecule has 114 valence electrons. The Morgan fingerprint density at radius 2 is 1.04 bits per heavy atom. The summed E-state index contributed by atoms with van der Waals surface area (Å²) in [6, 6.07) is 24.3. The molecule has 0 aliphatic carbocycles. The summed E-state index contributed by atoms with van der Waals surface area (Å²) in [7, 11) is -1.11. The lowest BCUT2D eigenvalue weighted by Gasteiger charge is -2.16. The lowest BCUT2D eigenvalue weighted by atomic mass is 10.2. The maximum atomic E-state index is 13.8. The molecule has 3 nitrogen and oxygen atoms in total. The molecule has 0 aromatic heterocycles. The molecule has 3 aromatic rings. The van der Waals surface area contributed by atoms with E-state index < -0.39 is 13.1 Å². The van der Waals surface area contributed by atoms with Crippen molar-refractivity contribution in [3.05, 3.63) is 90.7 Å². The van der Waals surface area contributed by atoms with Crippen LogP contribution in [0.4, 0.5) is 4.39 Å². The predicted octanol–water partition coefficient (Wildman–Crippen LogP) is 4.35. The fraction of sp³-hybridized carbons (Fsp3) is 0. The molecule has 0 saturated heterocycles. The van der Waals surface area contributed by atoms with Gasteiger partial charge in [-0.1, -0.05) is 48.5 Å². The van der Waals surface area contributed by atoms with Crippen molar-refractivity contribution in [2.75, 3.05) is 0 Å². The fourth-order valence-electron chi connectivity index (χ4n) is 1.94. The highest BCUT2D eigenvalue weighted by Crippen LogP contribution is 2.20. The highest BCUT2D eigenvalue weighted by molar-refractivity contribution is 6.39. The van der Waals surface area contributed by atoms with E-state index in [0.717, 1.165) is 0 Å². The van der Waals surface area contributed by atoms with Gasteiger partial charge in [0.1, 0.15) is 17.2 Å². The first-order valence-electron chi connectivity index (χ1n) is 7.16. The molecule has 0 spiro atoms. The zero-order chi connectivity index (χ0) is 15.9. The lowest BCUT2D eigenvalue weighted by Crippen LogP contribution is -2.37. The first kappa shape index (κ1) is 15.0. The summed E-state index contributed by atoms with van der Waals surface area (Å²) < 4.78 is 30.7. The summed E-state index contributed by atoms with van der Waals surface area (Å²) in [5, 5.41) is 0. The van der Waals surface area contributed by atoms with Gasteiger partial charge in [-0.25, -0.2) is 4.39 Å². The normalized spacial score (nSPS) is 9.96. The van der Waals surface area contributed by atoms with Crippen LogP contribution < -0.4 is 14.0 Å². The summed E-state index contributed by atoms with van der Waals surface area (Å²) in [6.07, 6.45) is 0. The third-order valence-corrected chi connectivity index (χ3v) is 3.01. The van der Waals surface area contributed by atoms with Crippen molar-refractivity contribution in [3.63, 3.8) is 0 Å². The summed E-state index contributed by atoms with van der Waals surface area (Å²) in [5.74, 6) is 0.699. The molecular weight excluding hydrogens is 294 g/mol. The quantitative estimate of drug-likeness (QED) is 0.634. The molecule has 23 heavy (non-hydrogen) atoms. The molecule has 0 aliphatic rings. The highest BCUT2D eigenvalue weighted by Gasteiger charge is 2.31. The average molecular weight is 308 g/mol. The molecule has 0 bridgehead atoms. The van der Waals surface area contributed by atoms with E-state index in [1.165, 1.54) is 12.1 Å². The monoisotopic (exact) mass is 308 g/mol. The molecule has 0 unspecified atom stereocenters. The van der Waals surface area contributed by atoms with Crippen LogP contribution in [0, 0.1) is 5.82 Å². The Balaban J connectivity index is 1.79. The van der Waals surface area contributed by atoms with Crippen molar-refractivity contribution >= 4 is 7.32 Å². The van der Waals surface area contributed by atoms with Gasteiger partial charge in [-0.2, -0.15) is 0 Å². The van der Waals surface area contributed by atoms with E-state index in [0.29, 0.717) is 11.5 Å². The number of benzene rings is 3. The molecule has 0 saturated carbocycles. The number of hydrogen-bond acceptors (Lipinski definition) is 3. The van der Waals surface area contributed by atoms with Gasteiger partial charge in [0.15, 0.2) is 5.82 Å². The van der Waals surface area contributed by atoms with Crippen molar-refractivity contribution in [3.8, 4) is 17.2 Å². The van der Waals surface area contributed by atoms with Gasteiger partial charge >= 0.3 is 7.32 Å². The van der Waals surface area contributed by atoms with E-state index in [-0.39, 0.29) is 5.75 Å². The first-order chi connectivity index (χ1) is 11.3. The van der Waals surface area contributed by atoms with Gasteiger partial charge in [0.2, 0.25) is 0 Å². The van der Waals surface area contributed by atoms with Crippen LogP contribution in [-0.2, 0) is 0 Å². The molecule has 0 aliphatic heterocycles. The van der Waals surface area contributed by atoms with Gasteiger partial charge < -0.3 is 14.0 Å². The van der Waals surface area contributed by atoms with Crippen molar-refractivity contribution in [2.45, 2.75) is 0 Å². The van der Waals surface area contributed by atoms with Crippen molar-refractivity contribution in [1.29, 1.82) is 0 Å². The van der Waals surface area contributed by atoms with Gasteiger partial charge in [-0.15, -0.1) is 0 Å². The Morgan fingerprint density at radius 3 is 1.57 bits per heavy atom. The van der Waals surface area contributed by atoms with Crippen LogP contribution in [0.15, 0.2) is 84.9 Å². The molecule has 0 amide bonds. The Hall–Kier alpha value is -2.95. The predicted molar refractivity (Wildman–Crippen MR) is 86.9 cm³/mol. The summed E-state index contributed by atoms with van der Waals surface area (Å²) in [6.45, 7) is 0. The van der Waals surface area contributed by atoms with Crippen molar-refractivity contribution in [2.24, 2.45) is 0 Å². The minimum atomic E-state index is -1.11. The zero-order valence-corrected chi connectivity index (χ0v) is 12.3. The molecule has 0 N–H and O–H groups in total. The van der Waals surface area contributed by atoms with E-state index >= 15 is 0 Å². The first-order valence-corrected chi connectivity index (χ1v) is 7.16. The molecule has 3 aromatic carbocycles.